The summed E-state index contributed by atoms with van der Waals surface area (Å²) in [5.41, 5.74) is -0.616. The van der Waals surface area contributed by atoms with Gasteiger partial charge in [0.15, 0.2) is 11.6 Å². The van der Waals surface area contributed by atoms with Crippen molar-refractivity contribution in [3.63, 3.8) is 0 Å². The summed E-state index contributed by atoms with van der Waals surface area (Å²) >= 11 is 0. The molecule has 1 heterocycles. The monoisotopic (exact) mass is 272 g/mol. The quantitative estimate of drug-likeness (QED) is 0.836. The summed E-state index contributed by atoms with van der Waals surface area (Å²) in [4.78, 5) is 23.9. The van der Waals surface area contributed by atoms with Crippen LogP contribution in [0.4, 0.5) is 15.0 Å². The molecule has 0 unspecified atom stereocenters. The van der Waals surface area contributed by atoms with Crippen molar-refractivity contribution in [2.24, 2.45) is 0 Å². The van der Waals surface area contributed by atoms with E-state index in [1.165, 1.54) is 25.4 Å². The topological polar surface area (TPSA) is 77.5 Å². The minimum Gasteiger partial charge on any atom is -0.471 e. The molecule has 0 saturated carbocycles. The molecule has 106 valence electrons. The van der Waals surface area contributed by atoms with Crippen molar-refractivity contribution in [3.8, 4) is 0 Å². The molecule has 1 amide bonds. The summed E-state index contributed by atoms with van der Waals surface area (Å²) in [7, 11) is 1.31. The van der Waals surface area contributed by atoms with E-state index < -0.39 is 17.5 Å². The number of nitrogens with zero attached hydrogens (tertiary/aromatic N) is 1. The molecule has 19 heavy (non-hydrogen) atoms. The first-order chi connectivity index (χ1) is 8.80. The highest BCUT2D eigenvalue weighted by Crippen LogP contribution is 2.12. The van der Waals surface area contributed by atoms with E-state index >= 15 is 0 Å². The van der Waals surface area contributed by atoms with Gasteiger partial charge in [0, 0.05) is 6.20 Å². The molecule has 0 aliphatic rings. The fourth-order valence-corrected chi connectivity index (χ4v) is 0.878. The molecule has 0 atom stereocenters. The molecule has 6 nitrogen and oxygen atoms in total. The van der Waals surface area contributed by atoms with Crippen molar-refractivity contribution >= 4 is 18.4 Å². The van der Waals surface area contributed by atoms with E-state index in [1.54, 1.807) is 20.8 Å². The largest absolute Gasteiger partial charge is 0.471 e. The van der Waals surface area contributed by atoms with Gasteiger partial charge in [-0.25, -0.2) is 14.2 Å². The number of amides is 1. The number of pyridine rings is 1. The predicted octanol–water partition coefficient (Wildman–Crippen LogP) is 2.36. The second-order valence-corrected chi connectivity index (χ2v) is 4.29. The van der Waals surface area contributed by atoms with Crippen LogP contribution in [0.1, 0.15) is 20.8 Å². The van der Waals surface area contributed by atoms with Crippen LogP contribution >= 0.6 is 0 Å². The van der Waals surface area contributed by atoms with Crippen LogP contribution in [0, 0.1) is 5.82 Å². The van der Waals surface area contributed by atoms with E-state index in [9.17, 15) is 9.18 Å². The molecule has 0 fully saturated rings. The molecule has 1 N–H and O–H groups in total. The van der Waals surface area contributed by atoms with Crippen molar-refractivity contribution in [2.45, 2.75) is 26.4 Å². The number of carbonyl (C=O) groups is 2. The van der Waals surface area contributed by atoms with Crippen LogP contribution in [-0.4, -0.2) is 30.3 Å². The zero-order chi connectivity index (χ0) is 14.9. The molecule has 0 aliphatic heterocycles. The minimum atomic E-state index is -0.722. The van der Waals surface area contributed by atoms with Gasteiger partial charge in [-0.2, -0.15) is 0 Å². The van der Waals surface area contributed by atoms with Crippen molar-refractivity contribution in [1.82, 2.24) is 4.98 Å². The average molecular weight is 272 g/mol. The average Bonchev–Trinajstić information content (AvgIpc) is 2.30. The molecule has 0 aliphatic carbocycles. The Hall–Kier alpha value is -2.18. The maximum Gasteiger partial charge on any atom is 0.413 e. The van der Waals surface area contributed by atoms with Gasteiger partial charge in [-0.15, -0.1) is 0 Å². The van der Waals surface area contributed by atoms with Gasteiger partial charge < -0.3 is 9.47 Å². The molecular weight excluding hydrogens is 255 g/mol. The molecule has 1 aromatic heterocycles. The number of rotatable bonds is 2. The molecule has 0 bridgehead atoms. The first-order valence-corrected chi connectivity index (χ1v) is 5.37. The van der Waals surface area contributed by atoms with Gasteiger partial charge >= 0.3 is 6.09 Å². The Morgan fingerprint density at radius 3 is 2.47 bits per heavy atom. The Morgan fingerprint density at radius 2 is 2.05 bits per heavy atom. The number of methoxy groups -OCH3 is 1. The lowest BCUT2D eigenvalue weighted by Crippen LogP contribution is -2.27. The molecular formula is C12H17FN2O4. The predicted molar refractivity (Wildman–Crippen MR) is 67.1 cm³/mol. The van der Waals surface area contributed by atoms with Crippen LogP contribution in [0.2, 0.25) is 0 Å². The number of nitrogens with one attached hydrogen (secondary N) is 1. The van der Waals surface area contributed by atoms with E-state index in [0.717, 1.165) is 0 Å². The van der Waals surface area contributed by atoms with Crippen LogP contribution < -0.4 is 5.32 Å². The van der Waals surface area contributed by atoms with E-state index in [-0.39, 0.29) is 5.82 Å². The van der Waals surface area contributed by atoms with Gasteiger partial charge in [0.25, 0.3) is 6.47 Å². The number of hydrogen-bond acceptors (Lipinski definition) is 5. The third kappa shape index (κ3) is 8.53. The van der Waals surface area contributed by atoms with E-state index in [2.05, 4.69) is 15.0 Å². The lowest BCUT2D eigenvalue weighted by molar-refractivity contribution is -0.126. The van der Waals surface area contributed by atoms with Crippen LogP contribution in [0.5, 0.6) is 0 Å². The summed E-state index contributed by atoms with van der Waals surface area (Å²) in [6.45, 7) is 5.55. The highest BCUT2D eigenvalue weighted by molar-refractivity contribution is 5.83. The van der Waals surface area contributed by atoms with Crippen molar-refractivity contribution in [3.05, 3.63) is 24.1 Å². The third-order valence-corrected chi connectivity index (χ3v) is 1.47. The van der Waals surface area contributed by atoms with Gasteiger partial charge in [-0.1, -0.05) is 0 Å². The Labute approximate surface area is 110 Å². The fraction of sp³-hybridized carbons (Fsp3) is 0.417. The number of hydrogen-bond donors (Lipinski definition) is 1. The number of carbonyl (C=O) groups excluding carboxylic acids is 2. The molecule has 0 saturated heterocycles. The normalized spacial score (nSPS) is 9.74. The van der Waals surface area contributed by atoms with Crippen LogP contribution in [0.25, 0.3) is 0 Å². The summed E-state index contributed by atoms with van der Waals surface area (Å²) in [6, 6.07) is 2.65. The molecule has 0 spiro atoms. The van der Waals surface area contributed by atoms with Gasteiger partial charge in [0.2, 0.25) is 0 Å². The minimum absolute atomic E-state index is 0.133. The maximum absolute atomic E-state index is 13.1. The van der Waals surface area contributed by atoms with Gasteiger partial charge in [0.05, 0.1) is 7.11 Å². The molecule has 1 aromatic rings. The second kappa shape index (κ2) is 8.02. The third-order valence-electron chi connectivity index (χ3n) is 1.47. The number of ether oxygens (including phenoxy) is 2. The molecule has 7 heteroatoms. The Morgan fingerprint density at radius 1 is 1.47 bits per heavy atom. The lowest BCUT2D eigenvalue weighted by atomic mass is 10.2. The Balaban J connectivity index is 0.000000711. The van der Waals surface area contributed by atoms with E-state index in [0.29, 0.717) is 6.47 Å². The lowest BCUT2D eigenvalue weighted by Gasteiger charge is -2.19. The van der Waals surface area contributed by atoms with E-state index in [1.807, 2.05) is 0 Å². The summed E-state index contributed by atoms with van der Waals surface area (Å²) in [5.74, 6) is -0.727. The van der Waals surface area contributed by atoms with Crippen molar-refractivity contribution in [2.75, 3.05) is 12.4 Å². The summed E-state index contributed by atoms with van der Waals surface area (Å²) in [5, 5.41) is 2.22. The van der Waals surface area contributed by atoms with E-state index in [4.69, 9.17) is 9.53 Å². The highest BCUT2D eigenvalue weighted by atomic mass is 19.1. The summed E-state index contributed by atoms with van der Waals surface area (Å²) < 4.78 is 21.9. The zero-order valence-electron chi connectivity index (χ0n) is 11.3. The molecule has 0 aromatic carbocycles. The van der Waals surface area contributed by atoms with Gasteiger partial charge in [0.1, 0.15) is 5.60 Å². The maximum atomic E-state index is 13.1. The first-order valence-electron chi connectivity index (χ1n) is 5.37. The van der Waals surface area contributed by atoms with Crippen molar-refractivity contribution in [1.29, 1.82) is 0 Å². The SMILES string of the molecule is CC(C)(C)OC(=O)Nc1ncccc1F.COC=O. The zero-order valence-corrected chi connectivity index (χ0v) is 11.3. The standard InChI is InChI=1S/C10H13FN2O2.C2H4O2/c1-10(2,3)15-9(14)13-8-7(11)5-4-6-12-8;1-4-2-3/h4-6H,1-3H3,(H,12,13,14);2H,1H3. The second-order valence-electron chi connectivity index (χ2n) is 4.29. The van der Waals surface area contributed by atoms with Crippen LogP contribution in [0.3, 0.4) is 0 Å². The van der Waals surface area contributed by atoms with Gasteiger partial charge in [-0.3, -0.25) is 10.1 Å². The molecule has 0 radical (unpaired) electrons. The number of anilines is 1. The number of aromatic nitrogens is 1. The number of halogens is 1. The fourth-order valence-electron chi connectivity index (χ4n) is 0.878. The Bertz CT molecular complexity index is 418. The van der Waals surface area contributed by atoms with Gasteiger partial charge in [-0.05, 0) is 32.9 Å². The highest BCUT2D eigenvalue weighted by Gasteiger charge is 2.17. The van der Waals surface area contributed by atoms with Crippen LogP contribution in [-0.2, 0) is 14.3 Å². The molecule has 1 rings (SSSR count). The van der Waals surface area contributed by atoms with Crippen LogP contribution in [0.15, 0.2) is 18.3 Å². The summed E-state index contributed by atoms with van der Waals surface area (Å²) in [6.07, 6.45) is 0.663. The first kappa shape index (κ1) is 16.8. The smallest absolute Gasteiger partial charge is 0.413 e. The Kier molecular flexibility index (Phi) is 7.10. The van der Waals surface area contributed by atoms with Crippen molar-refractivity contribution < 1.29 is 23.5 Å².